The number of rotatable bonds is 8. The van der Waals surface area contributed by atoms with Crippen LogP contribution in [0.4, 0.5) is 0 Å². The number of ether oxygens (including phenoxy) is 1. The van der Waals surface area contributed by atoms with Crippen LogP contribution in [0.25, 0.3) is 0 Å². The van der Waals surface area contributed by atoms with Crippen LogP contribution in [-0.4, -0.2) is 29.9 Å². The van der Waals surface area contributed by atoms with E-state index in [4.69, 9.17) is 4.74 Å². The Morgan fingerprint density at radius 1 is 1.06 bits per heavy atom. The van der Waals surface area contributed by atoms with Crippen LogP contribution in [0.5, 0.6) is 11.5 Å². The third-order valence-electron chi connectivity index (χ3n) is 5.26. The normalized spacial score (nSPS) is 18.0. The molecule has 1 saturated heterocycles. The van der Waals surface area contributed by atoms with Crippen LogP contribution in [-0.2, 0) is 11.2 Å². The van der Waals surface area contributed by atoms with Gasteiger partial charge in [0.25, 0.3) is 5.91 Å². The third kappa shape index (κ3) is 5.94. The number of amides is 1. The summed E-state index contributed by atoms with van der Waals surface area (Å²) in [4.78, 5) is 12.4. The Labute approximate surface area is 187 Å². The number of hydrogen-bond donors (Lipinski definition) is 4. The molecular formula is C25H26N4O3. The predicted octanol–water partition coefficient (Wildman–Crippen LogP) is 3.07. The van der Waals surface area contributed by atoms with E-state index in [1.165, 1.54) is 11.8 Å². The highest BCUT2D eigenvalue weighted by Crippen LogP contribution is 2.24. The molecule has 7 nitrogen and oxygen atoms in total. The number of nitrogens with zero attached hydrogens (tertiary/aromatic N) is 1. The summed E-state index contributed by atoms with van der Waals surface area (Å²) >= 11 is 0. The number of phenols is 1. The van der Waals surface area contributed by atoms with Crippen molar-refractivity contribution in [2.24, 2.45) is 5.10 Å². The van der Waals surface area contributed by atoms with E-state index < -0.39 is 6.04 Å². The van der Waals surface area contributed by atoms with Gasteiger partial charge in [-0.25, -0.2) is 16.3 Å². The Bertz CT molecular complexity index is 1050. The first-order chi connectivity index (χ1) is 15.7. The third-order valence-corrected chi connectivity index (χ3v) is 5.26. The molecule has 0 bridgehead atoms. The number of benzene rings is 3. The molecular weight excluding hydrogens is 404 g/mol. The molecule has 1 amide bonds. The number of hydrazone groups is 1. The molecule has 1 fully saturated rings. The van der Waals surface area contributed by atoms with Gasteiger partial charge in [-0.2, -0.15) is 5.10 Å². The maximum absolute atomic E-state index is 12.4. The fraction of sp³-hybridized carbons (Fsp3) is 0.200. The Hall–Kier alpha value is -3.68. The van der Waals surface area contributed by atoms with E-state index in [9.17, 15) is 9.90 Å². The van der Waals surface area contributed by atoms with Gasteiger partial charge in [-0.15, -0.1) is 0 Å². The average Bonchev–Trinajstić information content (AvgIpc) is 3.31. The van der Waals surface area contributed by atoms with Crippen molar-refractivity contribution in [3.63, 3.8) is 0 Å². The second-order valence-electron chi connectivity index (χ2n) is 7.61. The highest BCUT2D eigenvalue weighted by Gasteiger charge is 2.30. The standard InChI is InChI=1S/C25H26N4O3/c30-21-8-4-7-19(15-21)17-26-29-25(31)24-16-23(27-28-24)20-9-11-22(12-10-20)32-14-13-18-5-2-1-3-6-18/h1-12,15,17,23-24,27-28,30H,13-14,16H2,(H,29,31)/b26-17-. The van der Waals surface area contributed by atoms with Crippen LogP contribution >= 0.6 is 0 Å². The topological polar surface area (TPSA) is 95.0 Å². The summed E-state index contributed by atoms with van der Waals surface area (Å²) in [6, 6.07) is 24.4. The van der Waals surface area contributed by atoms with Gasteiger partial charge in [0.2, 0.25) is 0 Å². The summed E-state index contributed by atoms with van der Waals surface area (Å²) in [5.74, 6) is 0.751. The maximum Gasteiger partial charge on any atom is 0.258 e. The smallest absolute Gasteiger partial charge is 0.258 e. The van der Waals surface area contributed by atoms with Gasteiger partial charge in [-0.3, -0.25) is 4.79 Å². The summed E-state index contributed by atoms with van der Waals surface area (Å²) in [5, 5.41) is 13.4. The van der Waals surface area contributed by atoms with Crippen molar-refractivity contribution in [2.45, 2.75) is 24.9 Å². The van der Waals surface area contributed by atoms with Crippen molar-refractivity contribution in [1.29, 1.82) is 0 Å². The molecule has 1 heterocycles. The quantitative estimate of drug-likeness (QED) is 0.325. The Balaban J connectivity index is 1.23. The molecule has 0 saturated carbocycles. The van der Waals surface area contributed by atoms with Crippen molar-refractivity contribution in [1.82, 2.24) is 16.3 Å². The Morgan fingerprint density at radius 3 is 2.66 bits per heavy atom. The van der Waals surface area contributed by atoms with Crippen molar-refractivity contribution < 1.29 is 14.6 Å². The molecule has 164 valence electrons. The lowest BCUT2D eigenvalue weighted by atomic mass is 10.0. The highest BCUT2D eigenvalue weighted by molar-refractivity contribution is 5.85. The van der Waals surface area contributed by atoms with Gasteiger partial charge in [0.05, 0.1) is 12.8 Å². The van der Waals surface area contributed by atoms with Gasteiger partial charge in [0, 0.05) is 12.5 Å². The molecule has 32 heavy (non-hydrogen) atoms. The van der Waals surface area contributed by atoms with Gasteiger partial charge in [0.15, 0.2) is 0 Å². The molecule has 2 atom stereocenters. The molecule has 7 heteroatoms. The summed E-state index contributed by atoms with van der Waals surface area (Å²) < 4.78 is 5.84. The van der Waals surface area contributed by atoms with E-state index in [1.54, 1.807) is 24.3 Å². The van der Waals surface area contributed by atoms with E-state index >= 15 is 0 Å². The number of aromatic hydroxyl groups is 1. The number of hydrazine groups is 1. The molecule has 2 unspecified atom stereocenters. The number of nitrogens with one attached hydrogen (secondary N) is 3. The highest BCUT2D eigenvalue weighted by atomic mass is 16.5. The zero-order chi connectivity index (χ0) is 22.2. The van der Waals surface area contributed by atoms with Gasteiger partial charge in [-0.1, -0.05) is 54.6 Å². The summed E-state index contributed by atoms with van der Waals surface area (Å²) in [6.45, 7) is 0.623. The molecule has 1 aliphatic heterocycles. The van der Waals surface area contributed by atoms with Gasteiger partial charge in [-0.05, 0) is 47.4 Å². The minimum absolute atomic E-state index is 0.0131. The summed E-state index contributed by atoms with van der Waals surface area (Å²) in [7, 11) is 0. The molecule has 0 spiro atoms. The number of carbonyl (C=O) groups is 1. The lowest BCUT2D eigenvalue weighted by Crippen LogP contribution is -2.41. The Kier molecular flexibility index (Phi) is 7.12. The molecule has 4 rings (SSSR count). The average molecular weight is 431 g/mol. The molecule has 4 N–H and O–H groups in total. The van der Waals surface area contributed by atoms with Crippen molar-refractivity contribution in [3.8, 4) is 11.5 Å². The fourth-order valence-corrected chi connectivity index (χ4v) is 3.53. The van der Waals surface area contributed by atoms with Crippen LogP contribution in [0.3, 0.4) is 0 Å². The monoisotopic (exact) mass is 430 g/mol. The summed E-state index contributed by atoms with van der Waals surface area (Å²) in [6.07, 6.45) is 2.96. The van der Waals surface area contributed by atoms with E-state index in [-0.39, 0.29) is 17.7 Å². The van der Waals surface area contributed by atoms with Crippen molar-refractivity contribution in [3.05, 3.63) is 95.6 Å². The van der Waals surface area contributed by atoms with Crippen LogP contribution in [0.1, 0.15) is 29.2 Å². The van der Waals surface area contributed by atoms with E-state index in [0.717, 1.165) is 17.7 Å². The second-order valence-corrected chi connectivity index (χ2v) is 7.61. The number of carbonyl (C=O) groups excluding carboxylic acids is 1. The predicted molar refractivity (Wildman–Crippen MR) is 123 cm³/mol. The van der Waals surface area contributed by atoms with Crippen LogP contribution in [0.15, 0.2) is 84.0 Å². The van der Waals surface area contributed by atoms with E-state index in [0.29, 0.717) is 18.6 Å². The maximum atomic E-state index is 12.4. The lowest BCUT2D eigenvalue weighted by molar-refractivity contribution is -0.122. The van der Waals surface area contributed by atoms with Crippen LogP contribution in [0, 0.1) is 0 Å². The summed E-state index contributed by atoms with van der Waals surface area (Å²) in [5.41, 5.74) is 11.8. The number of phenolic OH excluding ortho intramolecular Hbond substituents is 1. The first-order valence-corrected chi connectivity index (χ1v) is 10.6. The molecule has 0 radical (unpaired) electrons. The van der Waals surface area contributed by atoms with Crippen molar-refractivity contribution >= 4 is 12.1 Å². The number of hydrogen-bond acceptors (Lipinski definition) is 6. The first kappa shape index (κ1) is 21.5. The molecule has 3 aromatic carbocycles. The molecule has 1 aliphatic rings. The minimum atomic E-state index is -0.400. The van der Waals surface area contributed by atoms with E-state index in [2.05, 4.69) is 33.5 Å². The van der Waals surface area contributed by atoms with Gasteiger partial charge in [0.1, 0.15) is 17.5 Å². The fourth-order valence-electron chi connectivity index (χ4n) is 3.53. The van der Waals surface area contributed by atoms with Crippen LogP contribution in [0.2, 0.25) is 0 Å². The molecule has 0 aromatic heterocycles. The van der Waals surface area contributed by atoms with Crippen molar-refractivity contribution in [2.75, 3.05) is 6.61 Å². The zero-order valence-electron chi connectivity index (χ0n) is 17.6. The van der Waals surface area contributed by atoms with Gasteiger partial charge < -0.3 is 9.84 Å². The zero-order valence-corrected chi connectivity index (χ0v) is 17.6. The van der Waals surface area contributed by atoms with E-state index in [1.807, 2.05) is 42.5 Å². The molecule has 3 aromatic rings. The Morgan fingerprint density at radius 2 is 1.88 bits per heavy atom. The lowest BCUT2D eigenvalue weighted by Gasteiger charge is -2.11. The second kappa shape index (κ2) is 10.6. The van der Waals surface area contributed by atoms with Crippen LogP contribution < -0.4 is 21.0 Å². The van der Waals surface area contributed by atoms with Gasteiger partial charge >= 0.3 is 0 Å². The molecule has 0 aliphatic carbocycles. The SMILES string of the molecule is O=C(N/N=C\c1cccc(O)c1)C1CC(c2ccc(OCCc3ccccc3)cc2)NN1. The minimum Gasteiger partial charge on any atom is -0.508 e. The first-order valence-electron chi connectivity index (χ1n) is 10.6. The largest absolute Gasteiger partial charge is 0.508 e.